The predicted molar refractivity (Wildman–Crippen MR) is 125 cm³/mol. The van der Waals surface area contributed by atoms with Crippen LogP contribution in [-0.2, 0) is 17.8 Å². The van der Waals surface area contributed by atoms with Crippen molar-refractivity contribution in [2.75, 3.05) is 7.11 Å². The van der Waals surface area contributed by atoms with Gasteiger partial charge >= 0.3 is 0 Å². The fourth-order valence-corrected chi connectivity index (χ4v) is 5.16. The summed E-state index contributed by atoms with van der Waals surface area (Å²) >= 11 is 5.78. The first-order chi connectivity index (χ1) is 16.2. The van der Waals surface area contributed by atoms with Crippen LogP contribution in [-0.4, -0.2) is 34.6 Å². The van der Waals surface area contributed by atoms with Gasteiger partial charge in [0.1, 0.15) is 17.1 Å². The molecular weight excluding hydrogens is 463 g/mol. The van der Waals surface area contributed by atoms with Crippen LogP contribution in [0.15, 0.2) is 40.8 Å². The summed E-state index contributed by atoms with van der Waals surface area (Å²) in [5.74, 6) is -2.57. The number of ether oxygens (including phenoxy) is 1. The number of aromatic hydroxyl groups is 1. The number of halogens is 2. The molecule has 2 heterocycles. The monoisotopic (exact) mass is 488 g/mol. The number of nitrogens with one attached hydrogen (secondary N) is 1. The van der Waals surface area contributed by atoms with Crippen molar-refractivity contribution in [3.8, 4) is 5.75 Å². The summed E-state index contributed by atoms with van der Waals surface area (Å²) in [5, 5.41) is 13.1. The lowest BCUT2D eigenvalue weighted by Gasteiger charge is -2.48. The van der Waals surface area contributed by atoms with E-state index in [1.54, 1.807) is 13.2 Å². The summed E-state index contributed by atoms with van der Waals surface area (Å²) < 4.78 is 21.1. The Hall–Kier alpha value is -2.97. The Morgan fingerprint density at radius 3 is 2.79 bits per heavy atom. The van der Waals surface area contributed by atoms with Gasteiger partial charge in [0.05, 0.1) is 11.1 Å². The number of pyridine rings is 1. The molecule has 9 heteroatoms. The molecule has 2 N–H and O–H groups in total. The van der Waals surface area contributed by atoms with Gasteiger partial charge in [-0.1, -0.05) is 42.3 Å². The van der Waals surface area contributed by atoms with Crippen LogP contribution in [0.3, 0.4) is 0 Å². The zero-order chi connectivity index (χ0) is 24.6. The number of rotatable bonds is 5. The Morgan fingerprint density at radius 2 is 2.12 bits per heavy atom. The molecule has 34 heavy (non-hydrogen) atoms. The van der Waals surface area contributed by atoms with E-state index in [1.165, 1.54) is 22.9 Å². The SMILES string of the molecule is CC/C=C1/CC(=O)c2c(O)c(=O)c(C(=O)NCc3cccc(Cl)c3F)cn2C[C@]12C[C@@H](OC)C2. The smallest absolute Gasteiger partial charge is 0.257 e. The Labute approximate surface area is 201 Å². The number of benzene rings is 1. The van der Waals surface area contributed by atoms with Gasteiger partial charge in [-0.25, -0.2) is 4.39 Å². The second kappa shape index (κ2) is 9.35. The fourth-order valence-electron chi connectivity index (χ4n) is 4.96. The first-order valence-corrected chi connectivity index (χ1v) is 11.5. The van der Waals surface area contributed by atoms with E-state index >= 15 is 0 Å². The third-order valence-corrected chi connectivity index (χ3v) is 7.05. The lowest BCUT2D eigenvalue weighted by molar-refractivity contribution is -0.0482. The molecule has 1 fully saturated rings. The molecule has 2 aliphatic rings. The Balaban J connectivity index is 1.69. The van der Waals surface area contributed by atoms with Crippen LogP contribution in [0.1, 0.15) is 59.0 Å². The molecule has 1 saturated carbocycles. The molecule has 0 atom stereocenters. The number of carbonyl (C=O) groups excluding carboxylic acids is 2. The number of hydrogen-bond donors (Lipinski definition) is 2. The van der Waals surface area contributed by atoms with E-state index in [0.717, 1.165) is 12.0 Å². The predicted octanol–water partition coefficient (Wildman–Crippen LogP) is 3.99. The summed E-state index contributed by atoms with van der Waals surface area (Å²) in [6, 6.07) is 4.41. The number of carbonyl (C=O) groups is 2. The minimum Gasteiger partial charge on any atom is -0.503 e. The van der Waals surface area contributed by atoms with Gasteiger partial charge in [-0.3, -0.25) is 14.4 Å². The topological polar surface area (TPSA) is 97.6 Å². The Kier molecular flexibility index (Phi) is 6.64. The second-order valence-electron chi connectivity index (χ2n) is 8.88. The summed E-state index contributed by atoms with van der Waals surface area (Å²) in [5.41, 5.74) is -0.588. The van der Waals surface area contributed by atoms with Crippen molar-refractivity contribution in [2.24, 2.45) is 5.41 Å². The van der Waals surface area contributed by atoms with E-state index in [4.69, 9.17) is 16.3 Å². The molecule has 180 valence electrons. The minimum absolute atomic E-state index is 0.0558. The zero-order valence-electron chi connectivity index (χ0n) is 19.0. The van der Waals surface area contributed by atoms with E-state index in [-0.39, 0.29) is 52.1 Å². The van der Waals surface area contributed by atoms with E-state index in [2.05, 4.69) is 5.32 Å². The van der Waals surface area contributed by atoms with Crippen molar-refractivity contribution in [3.63, 3.8) is 0 Å². The van der Waals surface area contributed by atoms with Gasteiger partial charge in [-0.05, 0) is 25.3 Å². The molecule has 0 saturated heterocycles. The van der Waals surface area contributed by atoms with Gasteiger partial charge in [0, 0.05) is 43.8 Å². The van der Waals surface area contributed by atoms with Crippen LogP contribution < -0.4 is 10.7 Å². The molecule has 0 radical (unpaired) electrons. The van der Waals surface area contributed by atoms with E-state index in [0.29, 0.717) is 19.4 Å². The molecule has 7 nitrogen and oxygen atoms in total. The summed E-state index contributed by atoms with van der Waals surface area (Å²) in [6.07, 6.45) is 5.63. The highest BCUT2D eigenvalue weighted by molar-refractivity contribution is 6.30. The van der Waals surface area contributed by atoms with Gasteiger partial charge in [0.25, 0.3) is 5.91 Å². The average molecular weight is 489 g/mol. The summed E-state index contributed by atoms with van der Waals surface area (Å²) in [6.45, 7) is 2.12. The Bertz CT molecular complexity index is 1250. The molecule has 1 aliphatic heterocycles. The number of nitrogens with zero attached hydrogens (tertiary/aromatic N) is 1. The second-order valence-corrected chi connectivity index (χ2v) is 9.28. The lowest BCUT2D eigenvalue weighted by atomic mass is 9.61. The average Bonchev–Trinajstić information content (AvgIpc) is 2.90. The third kappa shape index (κ3) is 4.16. The largest absolute Gasteiger partial charge is 0.503 e. The van der Waals surface area contributed by atoms with Crippen LogP contribution in [0.5, 0.6) is 5.75 Å². The zero-order valence-corrected chi connectivity index (χ0v) is 19.7. The maximum atomic E-state index is 14.2. The van der Waals surface area contributed by atoms with Gasteiger partial charge in [0.15, 0.2) is 11.5 Å². The maximum absolute atomic E-state index is 14.2. The number of amides is 1. The van der Waals surface area contributed by atoms with Crippen molar-refractivity contribution in [3.05, 3.63) is 73.9 Å². The molecule has 0 bridgehead atoms. The van der Waals surface area contributed by atoms with Gasteiger partial charge in [-0.2, -0.15) is 0 Å². The molecule has 1 spiro atoms. The van der Waals surface area contributed by atoms with Gasteiger partial charge < -0.3 is 19.7 Å². The van der Waals surface area contributed by atoms with Crippen LogP contribution in [0.2, 0.25) is 5.02 Å². The number of methoxy groups -OCH3 is 1. The number of Topliss-reactive ketones (excluding diaryl/α,β-unsaturated/α-hetero) is 1. The quantitative estimate of drug-likeness (QED) is 0.620. The molecule has 4 rings (SSSR count). The van der Waals surface area contributed by atoms with Crippen LogP contribution in [0.25, 0.3) is 0 Å². The van der Waals surface area contributed by atoms with Crippen LogP contribution >= 0.6 is 11.6 Å². The van der Waals surface area contributed by atoms with Crippen molar-refractivity contribution < 1.29 is 23.8 Å². The Morgan fingerprint density at radius 1 is 1.38 bits per heavy atom. The first-order valence-electron chi connectivity index (χ1n) is 11.1. The molecule has 1 aromatic carbocycles. The summed E-state index contributed by atoms with van der Waals surface area (Å²) in [7, 11) is 1.64. The van der Waals surface area contributed by atoms with Crippen LogP contribution in [0, 0.1) is 11.2 Å². The first kappa shape index (κ1) is 24.2. The lowest BCUT2D eigenvalue weighted by Crippen LogP contribution is -2.46. The van der Waals surface area contributed by atoms with Crippen molar-refractivity contribution in [1.29, 1.82) is 0 Å². The highest BCUT2D eigenvalue weighted by Gasteiger charge is 2.49. The number of aromatic nitrogens is 1. The highest BCUT2D eigenvalue weighted by atomic mass is 35.5. The molecule has 1 aromatic heterocycles. The fraction of sp³-hybridized carbons (Fsp3) is 0.400. The molecule has 0 unspecified atom stereocenters. The van der Waals surface area contributed by atoms with Gasteiger partial charge in [0.2, 0.25) is 5.43 Å². The summed E-state index contributed by atoms with van der Waals surface area (Å²) in [4.78, 5) is 38.7. The molecule has 1 aliphatic carbocycles. The van der Waals surface area contributed by atoms with Crippen molar-refractivity contribution in [1.82, 2.24) is 9.88 Å². The number of ketones is 1. The van der Waals surface area contributed by atoms with E-state index < -0.39 is 22.9 Å². The van der Waals surface area contributed by atoms with Gasteiger partial charge in [-0.15, -0.1) is 0 Å². The number of fused-ring (bicyclic) bond motifs is 1. The standard InChI is InChI=1S/C25H26ClFN2O5/c1-3-5-15-8-19(30)21-23(32)22(31)17(12-29(21)13-25(15)9-16(10-25)34-2)24(33)28-11-14-6-4-7-18(26)20(14)27/h4-7,12,16,32H,3,8-11,13H2,1-2H3,(H,28,33)/b15-5-/t16-,25-. The molecular formula is C25H26ClFN2O5. The van der Waals surface area contributed by atoms with Crippen molar-refractivity contribution in [2.45, 2.75) is 51.8 Å². The normalized spacial score (nSPS) is 22.9. The molecule has 1 amide bonds. The third-order valence-electron chi connectivity index (χ3n) is 6.76. The minimum atomic E-state index is -0.941. The van der Waals surface area contributed by atoms with Crippen molar-refractivity contribution >= 4 is 23.3 Å². The number of hydrogen-bond acceptors (Lipinski definition) is 5. The highest BCUT2D eigenvalue weighted by Crippen LogP contribution is 2.52. The van der Waals surface area contributed by atoms with E-state index in [1.807, 2.05) is 13.0 Å². The van der Waals surface area contributed by atoms with E-state index in [9.17, 15) is 23.9 Å². The maximum Gasteiger partial charge on any atom is 0.257 e. The molecule has 2 aromatic rings. The van der Waals surface area contributed by atoms with Crippen LogP contribution in [0.4, 0.5) is 4.39 Å². The number of allylic oxidation sites excluding steroid dienone is 2.